The fourth-order valence-electron chi connectivity index (χ4n) is 3.77. The molecule has 0 bridgehead atoms. The fourth-order valence-corrected chi connectivity index (χ4v) is 3.77. The lowest BCUT2D eigenvalue weighted by molar-refractivity contribution is -0.120. The first kappa shape index (κ1) is 19.3. The third-order valence-electron chi connectivity index (χ3n) is 5.03. The van der Waals surface area contributed by atoms with Crippen LogP contribution in [0.25, 0.3) is 0 Å². The van der Waals surface area contributed by atoms with Gasteiger partial charge in [0.15, 0.2) is 0 Å². The molecule has 0 saturated carbocycles. The van der Waals surface area contributed by atoms with Crippen LogP contribution in [0, 0.1) is 0 Å². The maximum Gasteiger partial charge on any atom is 0.239 e. The number of aromatic nitrogens is 2. The SMILES string of the molecule is COc1ccccc1N(C)CC(=O)NC1CCCc2c1cnn2C(C)(C)C. The molecule has 0 fully saturated rings. The van der Waals surface area contributed by atoms with Gasteiger partial charge in [-0.2, -0.15) is 5.10 Å². The second kappa shape index (κ2) is 7.62. The Morgan fingerprint density at radius 3 is 2.81 bits per heavy atom. The number of carbonyl (C=O) groups is 1. The summed E-state index contributed by atoms with van der Waals surface area (Å²) in [6.07, 6.45) is 4.95. The number of benzene rings is 1. The quantitative estimate of drug-likeness (QED) is 0.877. The van der Waals surface area contributed by atoms with Crippen molar-refractivity contribution in [3.05, 3.63) is 41.7 Å². The van der Waals surface area contributed by atoms with Gasteiger partial charge in [-0.05, 0) is 52.2 Å². The molecule has 1 aromatic heterocycles. The molecule has 0 radical (unpaired) electrons. The van der Waals surface area contributed by atoms with E-state index in [0.717, 1.165) is 36.3 Å². The smallest absolute Gasteiger partial charge is 0.239 e. The summed E-state index contributed by atoms with van der Waals surface area (Å²) >= 11 is 0. The van der Waals surface area contributed by atoms with E-state index in [1.54, 1.807) is 7.11 Å². The Hall–Kier alpha value is -2.50. The van der Waals surface area contributed by atoms with Crippen molar-refractivity contribution in [1.82, 2.24) is 15.1 Å². The Bertz CT molecular complexity index is 807. The average Bonchev–Trinajstić information content (AvgIpc) is 3.07. The minimum Gasteiger partial charge on any atom is -0.495 e. The molecule has 0 aliphatic heterocycles. The van der Waals surface area contributed by atoms with Crippen molar-refractivity contribution in [3.63, 3.8) is 0 Å². The molecule has 1 aromatic carbocycles. The van der Waals surface area contributed by atoms with Crippen LogP contribution in [0.1, 0.15) is 50.9 Å². The summed E-state index contributed by atoms with van der Waals surface area (Å²) in [5.41, 5.74) is 3.26. The van der Waals surface area contributed by atoms with E-state index < -0.39 is 0 Å². The maximum atomic E-state index is 12.7. The molecule has 0 spiro atoms. The Kier molecular flexibility index (Phi) is 5.44. The number of rotatable bonds is 5. The van der Waals surface area contributed by atoms with E-state index in [4.69, 9.17) is 4.74 Å². The number of carbonyl (C=O) groups excluding carboxylic acids is 1. The topological polar surface area (TPSA) is 59.4 Å². The highest BCUT2D eigenvalue weighted by Gasteiger charge is 2.29. The number of anilines is 1. The molecule has 1 N–H and O–H groups in total. The molecule has 1 unspecified atom stereocenters. The van der Waals surface area contributed by atoms with Crippen LogP contribution in [0.5, 0.6) is 5.75 Å². The van der Waals surface area contributed by atoms with E-state index in [2.05, 4.69) is 35.9 Å². The van der Waals surface area contributed by atoms with Crippen molar-refractivity contribution in [1.29, 1.82) is 0 Å². The first-order valence-corrected chi connectivity index (χ1v) is 9.52. The van der Waals surface area contributed by atoms with Gasteiger partial charge >= 0.3 is 0 Å². The van der Waals surface area contributed by atoms with Gasteiger partial charge < -0.3 is 15.0 Å². The predicted octanol–water partition coefficient (Wildman–Crippen LogP) is 3.28. The third-order valence-corrected chi connectivity index (χ3v) is 5.03. The van der Waals surface area contributed by atoms with Crippen LogP contribution in [0.15, 0.2) is 30.5 Å². The minimum atomic E-state index is -0.0520. The number of ether oxygens (including phenoxy) is 1. The first-order chi connectivity index (χ1) is 12.8. The van der Waals surface area contributed by atoms with Crippen molar-refractivity contribution in [2.24, 2.45) is 0 Å². The van der Waals surface area contributed by atoms with Crippen LogP contribution in [-0.2, 0) is 16.8 Å². The van der Waals surface area contributed by atoms with E-state index >= 15 is 0 Å². The second-order valence-electron chi connectivity index (χ2n) is 8.17. The van der Waals surface area contributed by atoms with Crippen molar-refractivity contribution >= 4 is 11.6 Å². The molecule has 3 rings (SSSR count). The lowest BCUT2D eigenvalue weighted by Gasteiger charge is -2.29. The lowest BCUT2D eigenvalue weighted by atomic mass is 9.92. The molecule has 146 valence electrons. The van der Waals surface area contributed by atoms with Crippen LogP contribution in [0.2, 0.25) is 0 Å². The van der Waals surface area contributed by atoms with Crippen molar-refractivity contribution in [3.8, 4) is 5.75 Å². The van der Waals surface area contributed by atoms with E-state index in [-0.39, 0.29) is 24.0 Å². The highest BCUT2D eigenvalue weighted by atomic mass is 16.5. The Labute approximate surface area is 161 Å². The van der Waals surface area contributed by atoms with Crippen LogP contribution in [-0.4, -0.2) is 36.4 Å². The number of nitrogens with zero attached hydrogens (tertiary/aromatic N) is 3. The zero-order valence-electron chi connectivity index (χ0n) is 17.0. The number of nitrogens with one attached hydrogen (secondary N) is 1. The number of hydrogen-bond acceptors (Lipinski definition) is 4. The van der Waals surface area contributed by atoms with Gasteiger partial charge in [-0.25, -0.2) is 0 Å². The van der Waals surface area contributed by atoms with Gasteiger partial charge in [-0.15, -0.1) is 0 Å². The molecule has 27 heavy (non-hydrogen) atoms. The molecule has 0 saturated heterocycles. The zero-order valence-corrected chi connectivity index (χ0v) is 17.0. The molecule has 6 nitrogen and oxygen atoms in total. The molecule has 1 aliphatic carbocycles. The number of hydrogen-bond donors (Lipinski definition) is 1. The first-order valence-electron chi connectivity index (χ1n) is 9.52. The second-order valence-corrected chi connectivity index (χ2v) is 8.17. The zero-order chi connectivity index (χ0) is 19.6. The third kappa shape index (κ3) is 4.10. The molecule has 1 aliphatic rings. The highest BCUT2D eigenvalue weighted by Crippen LogP contribution is 2.32. The summed E-state index contributed by atoms with van der Waals surface area (Å²) in [7, 11) is 3.55. The van der Waals surface area contributed by atoms with Gasteiger partial charge in [0.05, 0.1) is 37.1 Å². The number of amides is 1. The van der Waals surface area contributed by atoms with Gasteiger partial charge in [-0.1, -0.05) is 12.1 Å². The number of methoxy groups -OCH3 is 1. The van der Waals surface area contributed by atoms with Gasteiger partial charge in [0.25, 0.3) is 0 Å². The largest absolute Gasteiger partial charge is 0.495 e. The summed E-state index contributed by atoms with van der Waals surface area (Å²) in [6, 6.07) is 7.76. The normalized spacial score (nSPS) is 16.6. The van der Waals surface area contributed by atoms with Crippen molar-refractivity contribution < 1.29 is 9.53 Å². The minimum absolute atomic E-state index is 0.00441. The van der Waals surface area contributed by atoms with Crippen LogP contribution < -0.4 is 15.0 Å². The summed E-state index contributed by atoms with van der Waals surface area (Å²) in [5.74, 6) is 0.768. The Balaban J connectivity index is 1.70. The van der Waals surface area contributed by atoms with Crippen LogP contribution in [0.4, 0.5) is 5.69 Å². The fraction of sp³-hybridized carbons (Fsp3) is 0.524. The van der Waals surface area contributed by atoms with Gasteiger partial charge in [0.2, 0.25) is 5.91 Å². The molecule has 2 aromatic rings. The van der Waals surface area contributed by atoms with E-state index in [0.29, 0.717) is 0 Å². The molecular formula is C21H30N4O2. The highest BCUT2D eigenvalue weighted by molar-refractivity contribution is 5.82. The predicted molar refractivity (Wildman–Crippen MR) is 107 cm³/mol. The van der Waals surface area contributed by atoms with Gasteiger partial charge in [0.1, 0.15) is 5.75 Å². The summed E-state index contributed by atoms with van der Waals surface area (Å²) in [4.78, 5) is 14.6. The Morgan fingerprint density at radius 2 is 2.11 bits per heavy atom. The summed E-state index contributed by atoms with van der Waals surface area (Å²) in [5, 5.41) is 7.80. The van der Waals surface area contributed by atoms with E-state index in [9.17, 15) is 4.79 Å². The van der Waals surface area contributed by atoms with Crippen LogP contribution >= 0.6 is 0 Å². The van der Waals surface area contributed by atoms with E-state index in [1.165, 1.54) is 5.69 Å². The van der Waals surface area contributed by atoms with Gasteiger partial charge in [-0.3, -0.25) is 9.48 Å². The Morgan fingerprint density at radius 1 is 1.37 bits per heavy atom. The van der Waals surface area contributed by atoms with E-state index in [1.807, 2.05) is 42.4 Å². The number of fused-ring (bicyclic) bond motifs is 1. The molecule has 1 atom stereocenters. The lowest BCUT2D eigenvalue weighted by Crippen LogP contribution is -2.38. The van der Waals surface area contributed by atoms with Crippen LogP contribution in [0.3, 0.4) is 0 Å². The molecule has 1 amide bonds. The number of likely N-dealkylation sites (N-methyl/N-ethyl adjacent to an activating group) is 1. The summed E-state index contributed by atoms with van der Waals surface area (Å²) in [6.45, 7) is 6.75. The summed E-state index contributed by atoms with van der Waals surface area (Å²) < 4.78 is 7.49. The van der Waals surface area contributed by atoms with Gasteiger partial charge in [0, 0.05) is 18.3 Å². The molecular weight excluding hydrogens is 340 g/mol. The van der Waals surface area contributed by atoms with Crippen molar-refractivity contribution in [2.75, 3.05) is 25.6 Å². The average molecular weight is 370 g/mol. The monoisotopic (exact) mass is 370 g/mol. The molecule has 6 heteroatoms. The standard InChI is InChI=1S/C21H30N4O2/c1-21(2,3)25-17-11-8-9-16(15(17)13-22-25)23-20(26)14-24(4)18-10-6-7-12-19(18)27-5/h6-7,10,12-13,16H,8-9,11,14H2,1-5H3,(H,23,26). The van der Waals surface area contributed by atoms with Crippen molar-refractivity contribution in [2.45, 2.75) is 51.6 Å². The number of para-hydroxylation sites is 2. The maximum absolute atomic E-state index is 12.7. The molecule has 1 heterocycles.